The highest BCUT2D eigenvalue weighted by Crippen LogP contribution is 2.55. The number of benzene rings is 1. The third-order valence-electron chi connectivity index (χ3n) is 4.02. The van der Waals surface area contributed by atoms with Gasteiger partial charge in [0.15, 0.2) is 5.41 Å². The Morgan fingerprint density at radius 3 is 2.09 bits per heavy atom. The van der Waals surface area contributed by atoms with Crippen molar-refractivity contribution < 1.29 is 31.1 Å². The van der Waals surface area contributed by atoms with Crippen LogP contribution < -0.4 is 0 Å². The predicted molar refractivity (Wildman–Crippen MR) is 66.2 cm³/mol. The van der Waals surface area contributed by atoms with Crippen molar-refractivity contribution in [3.63, 3.8) is 0 Å². The molecule has 1 aromatic carbocycles. The van der Waals surface area contributed by atoms with Crippen molar-refractivity contribution in [2.24, 2.45) is 5.41 Å². The Morgan fingerprint density at radius 2 is 1.64 bits per heavy atom. The van der Waals surface area contributed by atoms with E-state index in [1.165, 1.54) is 12.1 Å². The lowest BCUT2D eigenvalue weighted by Crippen LogP contribution is -2.52. The lowest BCUT2D eigenvalue weighted by atomic mass is 9.85. The van der Waals surface area contributed by atoms with Crippen molar-refractivity contribution in [2.75, 3.05) is 13.1 Å². The zero-order chi connectivity index (χ0) is 16.8. The first-order valence-corrected chi connectivity index (χ1v) is 6.48. The number of likely N-dealkylation sites (tertiary alicyclic amines) is 1. The topological polar surface area (TPSA) is 20.3 Å². The Balaban J connectivity index is 2.32. The van der Waals surface area contributed by atoms with Gasteiger partial charge in [0.05, 0.1) is 0 Å². The van der Waals surface area contributed by atoms with Crippen molar-refractivity contribution in [3.8, 4) is 0 Å². The van der Waals surface area contributed by atoms with Gasteiger partial charge in [-0.25, -0.2) is 0 Å². The number of alkyl halides is 6. The number of hydrogen-bond donors (Lipinski definition) is 0. The molecule has 1 amide bonds. The summed E-state index contributed by atoms with van der Waals surface area (Å²) < 4.78 is 77.8. The summed E-state index contributed by atoms with van der Waals surface area (Å²) in [6.07, 6.45) is -12.1. The molecule has 0 atom stereocenters. The molecule has 0 spiro atoms. The average molecular weight is 325 g/mol. The van der Waals surface area contributed by atoms with Crippen LogP contribution in [0.1, 0.15) is 22.3 Å². The largest absolute Gasteiger partial charge is 0.404 e. The highest BCUT2D eigenvalue weighted by Gasteiger charge is 2.72. The monoisotopic (exact) mass is 325 g/mol. The maximum atomic E-state index is 13.0. The third kappa shape index (κ3) is 2.55. The van der Waals surface area contributed by atoms with Crippen LogP contribution in [0.4, 0.5) is 26.3 Å². The quantitative estimate of drug-likeness (QED) is 0.716. The number of carbonyl (C=O) groups is 1. The van der Waals surface area contributed by atoms with E-state index in [1.54, 1.807) is 19.1 Å². The minimum Gasteiger partial charge on any atom is -0.337 e. The summed E-state index contributed by atoms with van der Waals surface area (Å²) in [5.74, 6) is -0.812. The zero-order valence-electron chi connectivity index (χ0n) is 11.6. The van der Waals surface area contributed by atoms with Crippen LogP contribution in [0.2, 0.25) is 0 Å². The summed E-state index contributed by atoms with van der Waals surface area (Å²) in [6.45, 7) is -0.399. The number of carbonyl (C=O) groups excluding carboxylic acids is 1. The van der Waals surface area contributed by atoms with Crippen molar-refractivity contribution in [1.29, 1.82) is 0 Å². The van der Waals surface area contributed by atoms with Crippen LogP contribution in [0.3, 0.4) is 0 Å². The Morgan fingerprint density at radius 1 is 1.09 bits per heavy atom. The number of nitrogens with zero attached hydrogens (tertiary/aromatic N) is 1. The summed E-state index contributed by atoms with van der Waals surface area (Å²) in [5, 5.41) is 0. The SMILES string of the molecule is Cc1ccccc1C(=O)N1CCC(C(F)(F)F)(C(F)(F)F)C1. The molecular weight excluding hydrogens is 312 g/mol. The third-order valence-corrected chi connectivity index (χ3v) is 4.02. The molecule has 1 saturated heterocycles. The highest BCUT2D eigenvalue weighted by atomic mass is 19.4. The first-order valence-electron chi connectivity index (χ1n) is 6.48. The van der Waals surface area contributed by atoms with Crippen LogP contribution in [0.25, 0.3) is 0 Å². The van der Waals surface area contributed by atoms with Gasteiger partial charge in [0, 0.05) is 18.7 Å². The second-order valence-electron chi connectivity index (χ2n) is 5.37. The molecule has 1 aliphatic heterocycles. The van der Waals surface area contributed by atoms with Crippen molar-refractivity contribution >= 4 is 5.91 Å². The number of hydrogen-bond acceptors (Lipinski definition) is 1. The first kappa shape index (κ1) is 16.6. The Labute approximate surface area is 122 Å². The summed E-state index contributed by atoms with van der Waals surface area (Å²) in [4.78, 5) is 12.8. The van der Waals surface area contributed by atoms with Crippen molar-refractivity contribution in [2.45, 2.75) is 25.7 Å². The van der Waals surface area contributed by atoms with E-state index in [0.29, 0.717) is 10.5 Å². The van der Waals surface area contributed by atoms with Gasteiger partial charge in [0.25, 0.3) is 5.91 Å². The van der Waals surface area contributed by atoms with Crippen LogP contribution in [-0.4, -0.2) is 36.2 Å². The predicted octanol–water partition coefficient (Wildman–Crippen LogP) is 3.95. The smallest absolute Gasteiger partial charge is 0.337 e. The van der Waals surface area contributed by atoms with Gasteiger partial charge in [-0.15, -0.1) is 0 Å². The lowest BCUT2D eigenvalue weighted by Gasteiger charge is -2.33. The molecule has 0 aliphatic carbocycles. The Bertz CT molecular complexity index is 563. The van der Waals surface area contributed by atoms with Gasteiger partial charge in [0.1, 0.15) is 0 Å². The van der Waals surface area contributed by atoms with Gasteiger partial charge in [0.2, 0.25) is 0 Å². The van der Waals surface area contributed by atoms with Crippen LogP contribution >= 0.6 is 0 Å². The molecule has 0 N–H and O–H groups in total. The maximum absolute atomic E-state index is 13.0. The van der Waals surface area contributed by atoms with Crippen LogP contribution in [-0.2, 0) is 0 Å². The fourth-order valence-corrected chi connectivity index (χ4v) is 2.59. The molecule has 1 fully saturated rings. The summed E-state index contributed by atoms with van der Waals surface area (Å²) in [6, 6.07) is 6.10. The van der Waals surface area contributed by atoms with Crippen molar-refractivity contribution in [3.05, 3.63) is 35.4 Å². The average Bonchev–Trinajstić information content (AvgIpc) is 2.84. The van der Waals surface area contributed by atoms with Crippen LogP contribution in [0, 0.1) is 12.3 Å². The van der Waals surface area contributed by atoms with E-state index in [0.717, 1.165) is 0 Å². The van der Waals surface area contributed by atoms with Gasteiger partial charge in [-0.05, 0) is 25.0 Å². The first-order chi connectivity index (χ1) is 9.99. The number of halogens is 6. The van der Waals surface area contributed by atoms with Gasteiger partial charge in [-0.1, -0.05) is 18.2 Å². The highest BCUT2D eigenvalue weighted by molar-refractivity contribution is 5.95. The molecule has 0 radical (unpaired) electrons. The van der Waals surface area contributed by atoms with E-state index in [-0.39, 0.29) is 5.56 Å². The molecule has 8 heteroatoms. The molecule has 0 saturated carbocycles. The molecule has 122 valence electrons. The van der Waals surface area contributed by atoms with Gasteiger partial charge >= 0.3 is 12.4 Å². The van der Waals surface area contributed by atoms with E-state index in [1.807, 2.05) is 0 Å². The summed E-state index contributed by atoms with van der Waals surface area (Å²) in [7, 11) is 0. The molecular formula is C14H13F6NO. The summed E-state index contributed by atoms with van der Waals surface area (Å²) >= 11 is 0. The lowest BCUT2D eigenvalue weighted by molar-refractivity contribution is -0.334. The fourth-order valence-electron chi connectivity index (χ4n) is 2.59. The Hall–Kier alpha value is -1.73. The standard InChI is InChI=1S/C14H13F6NO/c1-9-4-2-3-5-10(9)11(22)21-7-6-12(8-21,13(15,16)17)14(18,19)20/h2-5H,6-8H2,1H3. The summed E-state index contributed by atoms with van der Waals surface area (Å²) in [5.41, 5.74) is -3.23. The molecule has 0 bridgehead atoms. The van der Waals surface area contributed by atoms with E-state index in [9.17, 15) is 31.1 Å². The van der Waals surface area contributed by atoms with Crippen LogP contribution in [0.15, 0.2) is 24.3 Å². The molecule has 2 nitrogen and oxygen atoms in total. The zero-order valence-corrected chi connectivity index (χ0v) is 11.6. The molecule has 2 rings (SSSR count). The van der Waals surface area contributed by atoms with Crippen molar-refractivity contribution in [1.82, 2.24) is 4.90 Å². The van der Waals surface area contributed by atoms with E-state index < -0.39 is 43.2 Å². The number of amides is 1. The van der Waals surface area contributed by atoms with Gasteiger partial charge in [-0.2, -0.15) is 26.3 Å². The second-order valence-corrected chi connectivity index (χ2v) is 5.37. The van der Waals surface area contributed by atoms with Gasteiger partial charge in [-0.3, -0.25) is 4.79 Å². The molecule has 22 heavy (non-hydrogen) atoms. The minimum absolute atomic E-state index is 0.114. The van der Waals surface area contributed by atoms with Gasteiger partial charge < -0.3 is 4.90 Å². The number of aryl methyl sites for hydroxylation is 1. The molecule has 1 heterocycles. The molecule has 1 aromatic rings. The van der Waals surface area contributed by atoms with Crippen LogP contribution in [0.5, 0.6) is 0 Å². The van der Waals surface area contributed by atoms with E-state index in [2.05, 4.69) is 0 Å². The molecule has 1 aliphatic rings. The normalized spacial score (nSPS) is 18.6. The molecule has 0 unspecified atom stereocenters. The molecule has 0 aromatic heterocycles. The number of rotatable bonds is 1. The maximum Gasteiger partial charge on any atom is 0.404 e. The second kappa shape index (κ2) is 5.17. The van der Waals surface area contributed by atoms with E-state index >= 15 is 0 Å². The fraction of sp³-hybridized carbons (Fsp3) is 0.500. The Kier molecular flexibility index (Phi) is 3.91. The minimum atomic E-state index is -5.45. The van der Waals surface area contributed by atoms with E-state index in [4.69, 9.17) is 0 Å².